The molecule has 0 aromatic heterocycles. The van der Waals surface area contributed by atoms with Crippen molar-refractivity contribution in [3.05, 3.63) is 0 Å². The summed E-state index contributed by atoms with van der Waals surface area (Å²) in [5, 5.41) is 0. The lowest BCUT2D eigenvalue weighted by Gasteiger charge is -2.29. The van der Waals surface area contributed by atoms with Gasteiger partial charge in [-0.1, -0.05) is 22.6 Å². The van der Waals surface area contributed by atoms with Crippen LogP contribution in [0.5, 0.6) is 0 Å². The summed E-state index contributed by atoms with van der Waals surface area (Å²) in [6.07, 6.45) is 0.997. The van der Waals surface area contributed by atoms with Crippen molar-refractivity contribution in [2.24, 2.45) is 5.92 Å². The first-order valence-electron chi connectivity index (χ1n) is 4.16. The summed E-state index contributed by atoms with van der Waals surface area (Å²) in [6.45, 7) is 2.64. The van der Waals surface area contributed by atoms with Crippen molar-refractivity contribution in [1.82, 2.24) is 0 Å². The first-order chi connectivity index (χ1) is 5.70. The minimum Gasteiger partial charge on any atom is -0.458 e. The predicted molar refractivity (Wildman–Crippen MR) is 51.2 cm³/mol. The lowest BCUT2D eigenvalue weighted by Crippen LogP contribution is -2.40. The molecule has 0 aromatic rings. The Hall–Kier alpha value is 0.160. The first kappa shape index (κ1) is 8.74. The molecule has 0 radical (unpaired) electrons. The minimum atomic E-state index is -0.103. The van der Waals surface area contributed by atoms with Crippen molar-refractivity contribution < 1.29 is 14.3 Å². The van der Waals surface area contributed by atoms with Crippen LogP contribution in [0, 0.1) is 5.92 Å². The highest BCUT2D eigenvalue weighted by Gasteiger charge is 2.47. The van der Waals surface area contributed by atoms with E-state index in [0.29, 0.717) is 3.92 Å². The van der Waals surface area contributed by atoms with E-state index in [4.69, 9.17) is 9.47 Å². The molecular formula is C8H11IO3. The van der Waals surface area contributed by atoms with Crippen molar-refractivity contribution in [1.29, 1.82) is 0 Å². The zero-order chi connectivity index (χ0) is 8.72. The SMILES string of the molecule is C[C@@H]1C(=O)O[C@@H]2[C@H]1OCC[C@H]2I. The molecule has 4 heteroatoms. The smallest absolute Gasteiger partial charge is 0.311 e. The van der Waals surface area contributed by atoms with Crippen LogP contribution in [0.25, 0.3) is 0 Å². The van der Waals surface area contributed by atoms with Gasteiger partial charge in [0.15, 0.2) is 0 Å². The molecule has 2 aliphatic heterocycles. The van der Waals surface area contributed by atoms with E-state index in [1.54, 1.807) is 0 Å². The van der Waals surface area contributed by atoms with Gasteiger partial charge in [0.2, 0.25) is 0 Å². The molecule has 12 heavy (non-hydrogen) atoms. The monoisotopic (exact) mass is 282 g/mol. The van der Waals surface area contributed by atoms with Crippen LogP contribution < -0.4 is 0 Å². The summed E-state index contributed by atoms with van der Waals surface area (Å²) in [4.78, 5) is 11.2. The fraction of sp³-hybridized carbons (Fsp3) is 0.875. The van der Waals surface area contributed by atoms with Crippen molar-refractivity contribution in [3.63, 3.8) is 0 Å². The lowest BCUT2D eigenvalue weighted by atomic mass is 9.98. The second kappa shape index (κ2) is 3.14. The Kier molecular flexibility index (Phi) is 2.29. The van der Waals surface area contributed by atoms with Crippen LogP contribution in [0.1, 0.15) is 13.3 Å². The number of fused-ring (bicyclic) bond motifs is 1. The molecule has 0 aliphatic carbocycles. The van der Waals surface area contributed by atoms with Gasteiger partial charge in [-0.3, -0.25) is 4.79 Å². The number of carbonyl (C=O) groups is 1. The Balaban J connectivity index is 2.16. The van der Waals surface area contributed by atoms with Gasteiger partial charge in [-0.25, -0.2) is 0 Å². The van der Waals surface area contributed by atoms with Gasteiger partial charge in [0.1, 0.15) is 12.2 Å². The summed E-state index contributed by atoms with van der Waals surface area (Å²) in [7, 11) is 0. The van der Waals surface area contributed by atoms with Gasteiger partial charge in [-0.2, -0.15) is 0 Å². The van der Waals surface area contributed by atoms with Crippen LogP contribution in [0.4, 0.5) is 0 Å². The number of carbonyl (C=O) groups excluding carboxylic acids is 1. The number of halogens is 1. The molecule has 2 fully saturated rings. The topological polar surface area (TPSA) is 35.5 Å². The maximum absolute atomic E-state index is 11.2. The van der Waals surface area contributed by atoms with E-state index >= 15 is 0 Å². The Labute approximate surface area is 84.9 Å². The van der Waals surface area contributed by atoms with E-state index in [-0.39, 0.29) is 24.1 Å². The van der Waals surface area contributed by atoms with E-state index < -0.39 is 0 Å². The quantitative estimate of drug-likeness (QED) is 0.380. The Morgan fingerprint density at radius 3 is 2.92 bits per heavy atom. The highest BCUT2D eigenvalue weighted by atomic mass is 127. The maximum Gasteiger partial charge on any atom is 0.311 e. The molecule has 3 nitrogen and oxygen atoms in total. The highest BCUT2D eigenvalue weighted by molar-refractivity contribution is 14.1. The Morgan fingerprint density at radius 2 is 2.25 bits per heavy atom. The molecule has 0 aromatic carbocycles. The van der Waals surface area contributed by atoms with Crippen LogP contribution in [0.2, 0.25) is 0 Å². The number of hydrogen-bond acceptors (Lipinski definition) is 3. The van der Waals surface area contributed by atoms with Crippen LogP contribution in [-0.2, 0) is 14.3 Å². The predicted octanol–water partition coefficient (Wildman–Crippen LogP) is 1.14. The third-order valence-electron chi connectivity index (χ3n) is 2.50. The standard InChI is InChI=1S/C8H11IO3/c1-4-6-7(12-8(4)10)5(9)2-3-11-6/h4-7H,2-3H2,1H3/t4-,5+,6-,7-/m0/s1. The van der Waals surface area contributed by atoms with Crippen LogP contribution >= 0.6 is 22.6 Å². The van der Waals surface area contributed by atoms with Crippen LogP contribution in [0.15, 0.2) is 0 Å². The Morgan fingerprint density at radius 1 is 1.50 bits per heavy atom. The molecule has 2 rings (SSSR count). The molecule has 2 saturated heterocycles. The van der Waals surface area contributed by atoms with Gasteiger partial charge < -0.3 is 9.47 Å². The van der Waals surface area contributed by atoms with Gasteiger partial charge >= 0.3 is 5.97 Å². The zero-order valence-electron chi connectivity index (χ0n) is 6.83. The van der Waals surface area contributed by atoms with E-state index in [9.17, 15) is 4.79 Å². The molecule has 0 saturated carbocycles. The summed E-state index contributed by atoms with van der Waals surface area (Å²) in [5.74, 6) is -0.180. The minimum absolute atomic E-state index is 0.00171. The number of ether oxygens (including phenoxy) is 2. The molecule has 0 spiro atoms. The first-order valence-corrected chi connectivity index (χ1v) is 5.41. The number of rotatable bonds is 0. The average Bonchev–Trinajstić information content (AvgIpc) is 2.32. The largest absolute Gasteiger partial charge is 0.458 e. The van der Waals surface area contributed by atoms with Crippen molar-refractivity contribution >= 4 is 28.6 Å². The van der Waals surface area contributed by atoms with Crippen molar-refractivity contribution in [3.8, 4) is 0 Å². The third kappa shape index (κ3) is 1.25. The van der Waals surface area contributed by atoms with Crippen molar-refractivity contribution in [2.75, 3.05) is 6.61 Å². The molecule has 2 heterocycles. The number of esters is 1. The normalized spacial score (nSPS) is 47.0. The Bertz CT molecular complexity index is 206. The molecule has 2 aliphatic rings. The summed E-state index contributed by atoms with van der Waals surface area (Å²) in [5.41, 5.74) is 0. The zero-order valence-corrected chi connectivity index (χ0v) is 8.98. The molecule has 0 unspecified atom stereocenters. The van der Waals surface area contributed by atoms with Gasteiger partial charge in [0, 0.05) is 6.61 Å². The molecule has 0 N–H and O–H groups in total. The van der Waals surface area contributed by atoms with E-state index in [1.165, 1.54) is 0 Å². The van der Waals surface area contributed by atoms with E-state index in [2.05, 4.69) is 22.6 Å². The molecular weight excluding hydrogens is 271 g/mol. The van der Waals surface area contributed by atoms with Crippen LogP contribution in [-0.4, -0.2) is 28.7 Å². The van der Waals surface area contributed by atoms with E-state index in [1.807, 2.05) is 6.92 Å². The second-order valence-electron chi connectivity index (χ2n) is 3.33. The summed E-state index contributed by atoms with van der Waals surface area (Å²) < 4.78 is 11.1. The van der Waals surface area contributed by atoms with Crippen molar-refractivity contribution in [2.45, 2.75) is 29.5 Å². The summed E-state index contributed by atoms with van der Waals surface area (Å²) >= 11 is 2.34. The third-order valence-corrected chi connectivity index (χ3v) is 3.83. The van der Waals surface area contributed by atoms with E-state index in [0.717, 1.165) is 13.0 Å². The lowest BCUT2D eigenvalue weighted by molar-refractivity contribution is -0.144. The molecule has 0 amide bonds. The fourth-order valence-corrected chi connectivity index (χ4v) is 2.54. The molecule has 68 valence electrons. The van der Waals surface area contributed by atoms with Gasteiger partial charge in [-0.05, 0) is 13.3 Å². The van der Waals surface area contributed by atoms with Gasteiger partial charge in [0.05, 0.1) is 9.84 Å². The fourth-order valence-electron chi connectivity index (χ4n) is 1.73. The average molecular weight is 282 g/mol. The highest BCUT2D eigenvalue weighted by Crippen LogP contribution is 2.34. The number of hydrogen-bond donors (Lipinski definition) is 0. The van der Waals surface area contributed by atoms with Crippen LogP contribution in [0.3, 0.4) is 0 Å². The maximum atomic E-state index is 11.2. The second-order valence-corrected chi connectivity index (χ2v) is 4.93. The molecule has 4 atom stereocenters. The summed E-state index contributed by atoms with van der Waals surface area (Å²) in [6, 6.07) is 0. The van der Waals surface area contributed by atoms with Gasteiger partial charge in [0.25, 0.3) is 0 Å². The number of alkyl halides is 1. The van der Waals surface area contributed by atoms with Gasteiger partial charge in [-0.15, -0.1) is 0 Å². The molecule has 0 bridgehead atoms.